The fourth-order valence-electron chi connectivity index (χ4n) is 2.74. The summed E-state index contributed by atoms with van der Waals surface area (Å²) in [6.07, 6.45) is 4.71. The van der Waals surface area contributed by atoms with E-state index in [2.05, 4.69) is 27.0 Å². The Labute approximate surface area is 119 Å². The van der Waals surface area contributed by atoms with E-state index in [9.17, 15) is 5.11 Å². The van der Waals surface area contributed by atoms with Gasteiger partial charge in [0.2, 0.25) is 0 Å². The smallest absolute Gasteiger partial charge is 0.135 e. The van der Waals surface area contributed by atoms with Crippen LogP contribution in [0.1, 0.15) is 24.2 Å². The van der Waals surface area contributed by atoms with Crippen LogP contribution in [0, 0.1) is 0 Å². The molecule has 0 spiro atoms. The van der Waals surface area contributed by atoms with E-state index in [0.717, 1.165) is 37.4 Å². The number of hydrogen-bond donors (Lipinski definition) is 1. The molecule has 1 aromatic heterocycles. The van der Waals surface area contributed by atoms with Crippen LogP contribution in [0.2, 0.25) is 0 Å². The molecule has 1 aromatic carbocycles. The third-order valence-electron chi connectivity index (χ3n) is 3.78. The van der Waals surface area contributed by atoms with E-state index in [1.807, 2.05) is 30.5 Å². The third kappa shape index (κ3) is 2.80. The Morgan fingerprint density at radius 1 is 1.20 bits per heavy atom. The summed E-state index contributed by atoms with van der Waals surface area (Å²) in [5.74, 6) is 1.76. The summed E-state index contributed by atoms with van der Waals surface area (Å²) in [6.45, 7) is 1.16. The molecule has 2 aromatic rings. The molecule has 104 valence electrons. The highest BCUT2D eigenvalue weighted by atomic mass is 16.3. The van der Waals surface area contributed by atoms with E-state index in [1.165, 1.54) is 5.56 Å². The Hall–Kier alpha value is -1.94. The maximum Gasteiger partial charge on any atom is 0.135 e. The topological polar surface area (TPSA) is 49.2 Å². The Balaban J connectivity index is 1.79. The minimum atomic E-state index is 0.192. The van der Waals surface area contributed by atoms with Crippen LogP contribution in [0.5, 0.6) is 0 Å². The Bertz CT molecular complexity index is 559. The molecule has 1 fully saturated rings. The maximum absolute atomic E-state index is 9.42. The molecule has 0 amide bonds. The van der Waals surface area contributed by atoms with Crippen LogP contribution in [0.15, 0.2) is 42.6 Å². The van der Waals surface area contributed by atoms with E-state index in [4.69, 9.17) is 0 Å². The lowest BCUT2D eigenvalue weighted by atomic mass is 10.1. The Morgan fingerprint density at radius 3 is 2.85 bits per heavy atom. The van der Waals surface area contributed by atoms with Crippen LogP contribution in [-0.4, -0.2) is 34.3 Å². The first-order chi connectivity index (χ1) is 9.86. The highest BCUT2D eigenvalue weighted by molar-refractivity contribution is 5.40. The van der Waals surface area contributed by atoms with Crippen molar-refractivity contribution in [2.75, 3.05) is 18.1 Å². The van der Waals surface area contributed by atoms with Crippen molar-refractivity contribution >= 4 is 5.82 Å². The molecule has 3 rings (SSSR count). The zero-order valence-corrected chi connectivity index (χ0v) is 11.4. The van der Waals surface area contributed by atoms with Gasteiger partial charge < -0.3 is 10.0 Å². The van der Waals surface area contributed by atoms with Gasteiger partial charge in [-0.05, 0) is 24.5 Å². The molecule has 1 unspecified atom stereocenters. The summed E-state index contributed by atoms with van der Waals surface area (Å²) in [4.78, 5) is 11.2. The molecule has 2 heterocycles. The van der Waals surface area contributed by atoms with Gasteiger partial charge in [-0.1, -0.05) is 30.3 Å². The first-order valence-electron chi connectivity index (χ1n) is 7.10. The van der Waals surface area contributed by atoms with E-state index in [1.54, 1.807) is 0 Å². The summed E-state index contributed by atoms with van der Waals surface area (Å²) in [5.41, 5.74) is 1.21. The number of rotatable bonds is 4. The van der Waals surface area contributed by atoms with Crippen molar-refractivity contribution in [3.8, 4) is 0 Å². The molecule has 1 aliphatic rings. The number of aliphatic hydroxyl groups is 1. The van der Waals surface area contributed by atoms with Crippen molar-refractivity contribution in [1.82, 2.24) is 9.97 Å². The van der Waals surface area contributed by atoms with E-state index >= 15 is 0 Å². The van der Waals surface area contributed by atoms with Gasteiger partial charge in [0.25, 0.3) is 0 Å². The third-order valence-corrected chi connectivity index (χ3v) is 3.78. The normalized spacial score (nSPS) is 18.4. The second kappa shape index (κ2) is 6.01. The number of aliphatic hydroxyl groups excluding tert-OH is 1. The monoisotopic (exact) mass is 269 g/mol. The van der Waals surface area contributed by atoms with Gasteiger partial charge in [0.15, 0.2) is 0 Å². The van der Waals surface area contributed by atoms with E-state index in [-0.39, 0.29) is 12.6 Å². The summed E-state index contributed by atoms with van der Waals surface area (Å²) in [5, 5.41) is 9.42. The van der Waals surface area contributed by atoms with Gasteiger partial charge in [0.05, 0.1) is 12.6 Å². The summed E-state index contributed by atoms with van der Waals surface area (Å²) >= 11 is 0. The molecule has 1 saturated heterocycles. The van der Waals surface area contributed by atoms with Crippen LogP contribution < -0.4 is 4.90 Å². The predicted molar refractivity (Wildman–Crippen MR) is 78.7 cm³/mol. The van der Waals surface area contributed by atoms with Gasteiger partial charge >= 0.3 is 0 Å². The molecule has 4 heteroatoms. The highest BCUT2D eigenvalue weighted by Gasteiger charge is 2.24. The van der Waals surface area contributed by atoms with Crippen LogP contribution >= 0.6 is 0 Å². The van der Waals surface area contributed by atoms with Gasteiger partial charge in [-0.3, -0.25) is 0 Å². The lowest BCUT2D eigenvalue weighted by molar-refractivity contribution is 0.266. The second-order valence-corrected chi connectivity index (χ2v) is 5.17. The van der Waals surface area contributed by atoms with Crippen LogP contribution in [0.25, 0.3) is 0 Å². The lowest BCUT2D eigenvalue weighted by Gasteiger charge is -2.24. The average molecular weight is 269 g/mol. The van der Waals surface area contributed by atoms with Crippen molar-refractivity contribution in [2.24, 2.45) is 0 Å². The standard InChI is InChI=1S/C16H19N3O/c20-12-14-7-4-10-19(14)16-8-9-17-15(18-16)11-13-5-2-1-3-6-13/h1-3,5-6,8-9,14,20H,4,7,10-12H2. The van der Waals surface area contributed by atoms with Gasteiger partial charge in [-0.25, -0.2) is 9.97 Å². The number of hydrogen-bond acceptors (Lipinski definition) is 4. The highest BCUT2D eigenvalue weighted by Crippen LogP contribution is 2.23. The molecular formula is C16H19N3O. The fourth-order valence-corrected chi connectivity index (χ4v) is 2.74. The Morgan fingerprint density at radius 2 is 2.05 bits per heavy atom. The molecule has 20 heavy (non-hydrogen) atoms. The minimum absolute atomic E-state index is 0.192. The van der Waals surface area contributed by atoms with Crippen molar-refractivity contribution < 1.29 is 5.11 Å². The molecule has 1 atom stereocenters. The van der Waals surface area contributed by atoms with Crippen LogP contribution in [0.3, 0.4) is 0 Å². The van der Waals surface area contributed by atoms with E-state index in [0.29, 0.717) is 0 Å². The summed E-state index contributed by atoms with van der Waals surface area (Å²) in [7, 11) is 0. The molecule has 1 N–H and O–H groups in total. The number of anilines is 1. The first kappa shape index (κ1) is 13.1. The second-order valence-electron chi connectivity index (χ2n) is 5.17. The molecular weight excluding hydrogens is 250 g/mol. The summed E-state index contributed by atoms with van der Waals surface area (Å²) in [6, 6.07) is 12.4. The van der Waals surface area contributed by atoms with Crippen molar-refractivity contribution in [3.63, 3.8) is 0 Å². The van der Waals surface area contributed by atoms with Gasteiger partial charge in [-0.2, -0.15) is 0 Å². The maximum atomic E-state index is 9.42. The molecule has 0 radical (unpaired) electrons. The average Bonchev–Trinajstić information content (AvgIpc) is 2.97. The lowest BCUT2D eigenvalue weighted by Crippen LogP contribution is -2.32. The zero-order valence-electron chi connectivity index (χ0n) is 11.4. The summed E-state index contributed by atoms with van der Waals surface area (Å²) < 4.78 is 0. The number of aromatic nitrogens is 2. The Kier molecular flexibility index (Phi) is 3.92. The van der Waals surface area contributed by atoms with Crippen LogP contribution in [-0.2, 0) is 6.42 Å². The molecule has 0 bridgehead atoms. The van der Waals surface area contributed by atoms with Gasteiger partial charge in [0.1, 0.15) is 11.6 Å². The number of benzene rings is 1. The van der Waals surface area contributed by atoms with Gasteiger partial charge in [-0.15, -0.1) is 0 Å². The quantitative estimate of drug-likeness (QED) is 0.922. The van der Waals surface area contributed by atoms with Crippen molar-refractivity contribution in [1.29, 1.82) is 0 Å². The largest absolute Gasteiger partial charge is 0.394 e. The van der Waals surface area contributed by atoms with Gasteiger partial charge in [0, 0.05) is 19.2 Å². The molecule has 0 aliphatic carbocycles. The fraction of sp³-hybridized carbons (Fsp3) is 0.375. The predicted octanol–water partition coefficient (Wildman–Crippen LogP) is 2.03. The van der Waals surface area contributed by atoms with E-state index < -0.39 is 0 Å². The van der Waals surface area contributed by atoms with Crippen LogP contribution in [0.4, 0.5) is 5.82 Å². The molecule has 0 saturated carbocycles. The SMILES string of the molecule is OCC1CCCN1c1ccnc(Cc2ccccc2)n1. The molecule has 4 nitrogen and oxygen atoms in total. The van der Waals surface area contributed by atoms with Crippen molar-refractivity contribution in [3.05, 3.63) is 54.0 Å². The minimum Gasteiger partial charge on any atom is -0.394 e. The number of nitrogens with zero attached hydrogens (tertiary/aromatic N) is 3. The molecule has 1 aliphatic heterocycles. The zero-order chi connectivity index (χ0) is 13.8. The van der Waals surface area contributed by atoms with Crippen molar-refractivity contribution in [2.45, 2.75) is 25.3 Å². The first-order valence-corrected chi connectivity index (χ1v) is 7.10.